The van der Waals surface area contributed by atoms with E-state index in [1.54, 1.807) is 24.3 Å². The van der Waals surface area contributed by atoms with E-state index >= 15 is 0 Å². The Kier molecular flexibility index (Phi) is 8.40. The molecular formula is C20H18BrF3N2O4. The highest BCUT2D eigenvalue weighted by molar-refractivity contribution is 9.10. The van der Waals surface area contributed by atoms with Crippen LogP contribution in [0.2, 0.25) is 0 Å². The lowest BCUT2D eigenvalue weighted by Gasteiger charge is -2.13. The van der Waals surface area contributed by atoms with Gasteiger partial charge in [0.25, 0.3) is 5.91 Å². The summed E-state index contributed by atoms with van der Waals surface area (Å²) >= 11 is 3.28. The van der Waals surface area contributed by atoms with Crippen molar-refractivity contribution in [2.24, 2.45) is 0 Å². The summed E-state index contributed by atoms with van der Waals surface area (Å²) in [5, 5.41) is 4.74. The smallest absolute Gasteiger partial charge is 0.418 e. The maximum Gasteiger partial charge on any atom is 0.418 e. The Morgan fingerprint density at radius 2 is 1.57 bits per heavy atom. The molecule has 0 bridgehead atoms. The Morgan fingerprint density at radius 1 is 0.900 bits per heavy atom. The van der Waals surface area contributed by atoms with Gasteiger partial charge in [-0.3, -0.25) is 14.4 Å². The number of nitrogens with one attached hydrogen (secondary N) is 2. The number of benzene rings is 2. The molecule has 2 aromatic rings. The van der Waals surface area contributed by atoms with Gasteiger partial charge in [-0.1, -0.05) is 28.1 Å². The molecule has 30 heavy (non-hydrogen) atoms. The summed E-state index contributed by atoms with van der Waals surface area (Å²) in [5.74, 6) is -1.91. The average molecular weight is 487 g/mol. The van der Waals surface area contributed by atoms with Gasteiger partial charge in [0.05, 0.1) is 11.3 Å². The minimum absolute atomic E-state index is 0.0658. The zero-order chi connectivity index (χ0) is 22.1. The number of rotatable bonds is 8. The summed E-state index contributed by atoms with van der Waals surface area (Å²) in [7, 11) is 0. The summed E-state index contributed by atoms with van der Waals surface area (Å²) in [6.07, 6.45) is -4.48. The molecule has 2 N–H and O–H groups in total. The molecule has 0 fully saturated rings. The van der Waals surface area contributed by atoms with Crippen LogP contribution in [-0.4, -0.2) is 24.4 Å². The standard InChI is InChI=1S/C20H18BrF3N2O4/c21-13-8-10-14(11-9-13)25-17(27)6-3-7-19(29)30-12-18(28)26-16-5-2-1-4-15(16)20(22,23)24/h1-2,4-5,8-11H,3,6-7,12H2,(H,25,27)(H,26,28). The third kappa shape index (κ3) is 7.86. The predicted octanol–water partition coefficient (Wildman–Crippen LogP) is 4.76. The molecule has 0 spiro atoms. The van der Waals surface area contributed by atoms with Crippen LogP contribution in [0.15, 0.2) is 53.0 Å². The number of hydrogen-bond acceptors (Lipinski definition) is 4. The Bertz CT molecular complexity index is 902. The number of alkyl halides is 3. The molecule has 0 saturated heterocycles. The van der Waals surface area contributed by atoms with Crippen molar-refractivity contribution in [1.29, 1.82) is 0 Å². The van der Waals surface area contributed by atoms with Gasteiger partial charge >= 0.3 is 12.1 Å². The zero-order valence-corrected chi connectivity index (χ0v) is 17.2. The number of hydrogen-bond donors (Lipinski definition) is 2. The van der Waals surface area contributed by atoms with Gasteiger partial charge in [-0.05, 0) is 42.8 Å². The van der Waals surface area contributed by atoms with Gasteiger partial charge in [-0.25, -0.2) is 0 Å². The normalized spacial score (nSPS) is 10.9. The molecule has 0 heterocycles. The van der Waals surface area contributed by atoms with Gasteiger partial charge < -0.3 is 15.4 Å². The molecule has 2 rings (SSSR count). The van der Waals surface area contributed by atoms with E-state index in [1.165, 1.54) is 12.1 Å². The van der Waals surface area contributed by atoms with Crippen molar-refractivity contribution in [2.45, 2.75) is 25.4 Å². The monoisotopic (exact) mass is 486 g/mol. The second-order valence-electron chi connectivity index (χ2n) is 6.16. The highest BCUT2D eigenvalue weighted by Crippen LogP contribution is 2.34. The minimum atomic E-state index is -4.63. The van der Waals surface area contributed by atoms with E-state index in [2.05, 4.69) is 26.6 Å². The summed E-state index contributed by atoms with van der Waals surface area (Å²) in [5.41, 5.74) is -0.807. The van der Waals surface area contributed by atoms with E-state index in [-0.39, 0.29) is 25.2 Å². The van der Waals surface area contributed by atoms with Crippen LogP contribution in [0.3, 0.4) is 0 Å². The van der Waals surface area contributed by atoms with Crippen LogP contribution in [-0.2, 0) is 25.3 Å². The van der Waals surface area contributed by atoms with Crippen LogP contribution in [0.5, 0.6) is 0 Å². The van der Waals surface area contributed by atoms with Crippen LogP contribution < -0.4 is 10.6 Å². The topological polar surface area (TPSA) is 84.5 Å². The second kappa shape index (κ2) is 10.8. The number of para-hydroxylation sites is 1. The fourth-order valence-electron chi connectivity index (χ4n) is 2.39. The maximum atomic E-state index is 12.9. The molecule has 0 aromatic heterocycles. The Morgan fingerprint density at radius 3 is 2.23 bits per heavy atom. The highest BCUT2D eigenvalue weighted by atomic mass is 79.9. The van der Waals surface area contributed by atoms with Crippen LogP contribution in [0.25, 0.3) is 0 Å². The van der Waals surface area contributed by atoms with Crippen molar-refractivity contribution in [1.82, 2.24) is 0 Å². The van der Waals surface area contributed by atoms with E-state index in [4.69, 9.17) is 4.74 Å². The molecular weight excluding hydrogens is 469 g/mol. The van der Waals surface area contributed by atoms with Gasteiger partial charge in [-0.15, -0.1) is 0 Å². The molecule has 6 nitrogen and oxygen atoms in total. The van der Waals surface area contributed by atoms with Gasteiger partial charge in [-0.2, -0.15) is 13.2 Å². The maximum absolute atomic E-state index is 12.9. The summed E-state index contributed by atoms with van der Waals surface area (Å²) in [4.78, 5) is 35.3. The van der Waals surface area contributed by atoms with Crippen LogP contribution in [0, 0.1) is 0 Å². The van der Waals surface area contributed by atoms with Crippen LogP contribution in [0.4, 0.5) is 24.5 Å². The molecule has 0 aliphatic carbocycles. The number of carbonyl (C=O) groups excluding carboxylic acids is 3. The molecule has 2 aromatic carbocycles. The van der Waals surface area contributed by atoms with E-state index in [0.717, 1.165) is 16.6 Å². The van der Waals surface area contributed by atoms with Crippen molar-refractivity contribution in [3.63, 3.8) is 0 Å². The molecule has 0 aliphatic rings. The molecule has 160 valence electrons. The number of halogens is 4. The van der Waals surface area contributed by atoms with Crippen molar-refractivity contribution < 1.29 is 32.3 Å². The Balaban J connectivity index is 1.70. The van der Waals surface area contributed by atoms with E-state index in [0.29, 0.717) is 5.69 Å². The minimum Gasteiger partial charge on any atom is -0.456 e. The Labute approximate surface area is 178 Å². The fourth-order valence-corrected chi connectivity index (χ4v) is 2.66. The van der Waals surface area contributed by atoms with E-state index in [1.807, 2.05) is 0 Å². The lowest BCUT2D eigenvalue weighted by atomic mass is 10.1. The summed E-state index contributed by atoms with van der Waals surface area (Å²) in [6, 6.07) is 11.4. The van der Waals surface area contributed by atoms with Gasteiger partial charge in [0.15, 0.2) is 6.61 Å². The molecule has 0 atom stereocenters. The first-order chi connectivity index (χ1) is 14.1. The number of esters is 1. The molecule has 0 radical (unpaired) electrons. The molecule has 0 saturated carbocycles. The van der Waals surface area contributed by atoms with Crippen molar-refractivity contribution >= 4 is 45.1 Å². The molecule has 0 unspecified atom stereocenters. The first-order valence-electron chi connectivity index (χ1n) is 8.82. The van der Waals surface area contributed by atoms with Gasteiger partial charge in [0.2, 0.25) is 5.91 Å². The van der Waals surface area contributed by atoms with E-state index < -0.39 is 35.9 Å². The number of ether oxygens (including phenoxy) is 1. The third-order valence-corrected chi connectivity index (χ3v) is 4.31. The van der Waals surface area contributed by atoms with Crippen molar-refractivity contribution in [3.8, 4) is 0 Å². The summed E-state index contributed by atoms with van der Waals surface area (Å²) in [6.45, 7) is -0.726. The van der Waals surface area contributed by atoms with Crippen LogP contribution >= 0.6 is 15.9 Å². The molecule has 2 amide bonds. The van der Waals surface area contributed by atoms with E-state index in [9.17, 15) is 27.6 Å². The highest BCUT2D eigenvalue weighted by Gasteiger charge is 2.33. The SMILES string of the molecule is O=C(CCCC(=O)OCC(=O)Nc1ccccc1C(F)(F)F)Nc1ccc(Br)cc1. The van der Waals surface area contributed by atoms with Gasteiger partial charge in [0, 0.05) is 23.0 Å². The first kappa shape index (κ1) is 23.4. The van der Waals surface area contributed by atoms with Crippen molar-refractivity contribution in [2.75, 3.05) is 17.2 Å². The average Bonchev–Trinajstić information content (AvgIpc) is 2.68. The number of anilines is 2. The first-order valence-corrected chi connectivity index (χ1v) is 9.61. The van der Waals surface area contributed by atoms with Crippen LogP contribution in [0.1, 0.15) is 24.8 Å². The summed E-state index contributed by atoms with van der Waals surface area (Å²) < 4.78 is 44.3. The quantitative estimate of drug-likeness (QED) is 0.526. The van der Waals surface area contributed by atoms with Crippen molar-refractivity contribution in [3.05, 3.63) is 58.6 Å². The van der Waals surface area contributed by atoms with Gasteiger partial charge in [0.1, 0.15) is 0 Å². The zero-order valence-electron chi connectivity index (χ0n) is 15.6. The molecule has 10 heteroatoms. The largest absolute Gasteiger partial charge is 0.456 e. The lowest BCUT2D eigenvalue weighted by Crippen LogP contribution is -2.22. The molecule has 0 aliphatic heterocycles. The number of carbonyl (C=O) groups is 3. The third-order valence-electron chi connectivity index (χ3n) is 3.78. The second-order valence-corrected chi connectivity index (χ2v) is 7.08. The lowest BCUT2D eigenvalue weighted by molar-refractivity contribution is -0.147. The Hall–Kier alpha value is -2.88. The predicted molar refractivity (Wildman–Crippen MR) is 108 cm³/mol. The fraction of sp³-hybridized carbons (Fsp3) is 0.250. The number of amides is 2.